The summed E-state index contributed by atoms with van der Waals surface area (Å²) in [6.07, 6.45) is 0.942. The number of aromatic nitrogens is 1. The van der Waals surface area contributed by atoms with Gasteiger partial charge >= 0.3 is 0 Å². The Bertz CT molecular complexity index is 866. The third-order valence-electron chi connectivity index (χ3n) is 4.99. The van der Waals surface area contributed by atoms with Gasteiger partial charge in [-0.25, -0.2) is 13.4 Å². The highest BCUT2D eigenvalue weighted by molar-refractivity contribution is 7.92. The molecule has 2 fully saturated rings. The Labute approximate surface area is 156 Å². The molecule has 3 atom stereocenters. The molecule has 9 heteroatoms. The molecule has 2 aromatic rings. The van der Waals surface area contributed by atoms with Crippen molar-refractivity contribution in [2.75, 3.05) is 18.8 Å². The number of hydrogen-bond donors (Lipinski definition) is 1. The van der Waals surface area contributed by atoms with E-state index in [9.17, 15) is 13.2 Å². The first-order valence-electron chi connectivity index (χ1n) is 8.03. The minimum Gasteiger partial charge on any atom is -0.341 e. The highest BCUT2D eigenvalue weighted by Gasteiger charge is 2.51. The van der Waals surface area contributed by atoms with E-state index in [0.29, 0.717) is 25.9 Å². The third-order valence-corrected chi connectivity index (χ3v) is 8.36. The van der Waals surface area contributed by atoms with E-state index in [1.54, 1.807) is 16.2 Å². The number of amides is 1. The van der Waals surface area contributed by atoms with E-state index < -0.39 is 15.1 Å². The molecular formula is C16H20ClN3O3S2. The number of hydrogen-bond acceptors (Lipinski definition) is 6. The van der Waals surface area contributed by atoms with Crippen molar-refractivity contribution in [3.8, 4) is 0 Å². The molecule has 2 N–H and O–H groups in total. The standard InChI is InChI=1S/C16H19N3O3S2.ClH/c17-11-9-24(21,22)14-8-19(7-10(11)14)16(20)6-5-15-18-12-3-1-2-4-13(12)23-15;/h1-4,10-11,14H,5-9,17H2;1H/t10-,11+,14-;/m0./s1. The van der Waals surface area contributed by atoms with Crippen LogP contribution < -0.4 is 5.73 Å². The zero-order valence-electron chi connectivity index (χ0n) is 13.5. The van der Waals surface area contributed by atoms with Gasteiger partial charge in [0, 0.05) is 37.9 Å². The summed E-state index contributed by atoms with van der Waals surface area (Å²) in [6, 6.07) is 7.56. The van der Waals surface area contributed by atoms with Crippen molar-refractivity contribution >= 4 is 49.7 Å². The van der Waals surface area contributed by atoms with Crippen molar-refractivity contribution in [2.24, 2.45) is 11.7 Å². The lowest BCUT2D eigenvalue weighted by Gasteiger charge is -2.18. The Morgan fingerprint density at radius 1 is 1.32 bits per heavy atom. The van der Waals surface area contributed by atoms with Crippen molar-refractivity contribution in [1.29, 1.82) is 0 Å². The van der Waals surface area contributed by atoms with Crippen LogP contribution in [0.25, 0.3) is 10.2 Å². The number of rotatable bonds is 3. The highest BCUT2D eigenvalue weighted by Crippen LogP contribution is 2.33. The average Bonchev–Trinajstić information content (AvgIpc) is 3.20. The highest BCUT2D eigenvalue weighted by atomic mass is 35.5. The Morgan fingerprint density at radius 2 is 2.08 bits per heavy atom. The van der Waals surface area contributed by atoms with E-state index in [2.05, 4.69) is 4.98 Å². The maximum atomic E-state index is 12.4. The number of para-hydroxylation sites is 1. The molecule has 0 unspecified atom stereocenters. The number of sulfone groups is 1. The van der Waals surface area contributed by atoms with Crippen LogP contribution >= 0.6 is 23.7 Å². The molecule has 0 bridgehead atoms. The number of thiazole rings is 1. The van der Waals surface area contributed by atoms with E-state index in [1.807, 2.05) is 24.3 Å². The van der Waals surface area contributed by atoms with E-state index in [-0.39, 0.29) is 36.0 Å². The summed E-state index contributed by atoms with van der Waals surface area (Å²) in [7, 11) is -3.15. The molecule has 1 aromatic heterocycles. The summed E-state index contributed by atoms with van der Waals surface area (Å²) in [4.78, 5) is 18.7. The van der Waals surface area contributed by atoms with Gasteiger partial charge in [0.2, 0.25) is 5.91 Å². The van der Waals surface area contributed by atoms with Gasteiger partial charge in [0.15, 0.2) is 9.84 Å². The number of benzene rings is 1. The number of carbonyl (C=O) groups is 1. The molecule has 1 amide bonds. The van der Waals surface area contributed by atoms with Gasteiger partial charge in [0.05, 0.1) is 26.2 Å². The van der Waals surface area contributed by atoms with Gasteiger partial charge in [0.1, 0.15) is 0 Å². The second-order valence-electron chi connectivity index (χ2n) is 6.57. The summed E-state index contributed by atoms with van der Waals surface area (Å²) >= 11 is 1.60. The second-order valence-corrected chi connectivity index (χ2v) is 9.95. The Hall–Kier alpha value is -1.22. The average molecular weight is 402 g/mol. The summed E-state index contributed by atoms with van der Waals surface area (Å²) in [5.74, 6) is -0.0664. The minimum atomic E-state index is -3.15. The number of carbonyl (C=O) groups excluding carboxylic acids is 1. The van der Waals surface area contributed by atoms with Crippen LogP contribution in [0.4, 0.5) is 0 Å². The molecule has 2 saturated heterocycles. The van der Waals surface area contributed by atoms with E-state index in [1.165, 1.54) is 0 Å². The maximum Gasteiger partial charge on any atom is 0.223 e. The lowest BCUT2D eigenvalue weighted by atomic mass is 10.0. The molecule has 6 nitrogen and oxygen atoms in total. The largest absolute Gasteiger partial charge is 0.341 e. The van der Waals surface area contributed by atoms with Gasteiger partial charge in [-0.05, 0) is 12.1 Å². The van der Waals surface area contributed by atoms with E-state index in [0.717, 1.165) is 15.2 Å². The van der Waals surface area contributed by atoms with Crippen LogP contribution in [0.15, 0.2) is 24.3 Å². The van der Waals surface area contributed by atoms with Crippen LogP contribution in [0.3, 0.4) is 0 Å². The van der Waals surface area contributed by atoms with Crippen molar-refractivity contribution in [3.63, 3.8) is 0 Å². The van der Waals surface area contributed by atoms with Crippen LogP contribution in [0.2, 0.25) is 0 Å². The van der Waals surface area contributed by atoms with Crippen LogP contribution in [0, 0.1) is 5.92 Å². The van der Waals surface area contributed by atoms with Crippen LogP contribution in [0.1, 0.15) is 11.4 Å². The molecule has 0 saturated carbocycles. The van der Waals surface area contributed by atoms with Crippen LogP contribution in [-0.2, 0) is 21.1 Å². The van der Waals surface area contributed by atoms with Crippen LogP contribution in [-0.4, -0.2) is 54.3 Å². The summed E-state index contributed by atoms with van der Waals surface area (Å²) in [6.45, 7) is 0.753. The molecule has 2 aliphatic rings. The minimum absolute atomic E-state index is 0. The molecule has 1 aromatic carbocycles. The third kappa shape index (κ3) is 3.40. The molecular weight excluding hydrogens is 382 g/mol. The monoisotopic (exact) mass is 401 g/mol. The predicted molar refractivity (Wildman–Crippen MR) is 101 cm³/mol. The summed E-state index contributed by atoms with van der Waals surface area (Å²) < 4.78 is 25.3. The van der Waals surface area contributed by atoms with E-state index in [4.69, 9.17) is 5.73 Å². The molecule has 3 heterocycles. The van der Waals surface area contributed by atoms with Crippen molar-refractivity contribution in [1.82, 2.24) is 9.88 Å². The van der Waals surface area contributed by atoms with Gasteiger partial charge in [-0.15, -0.1) is 23.7 Å². The first-order chi connectivity index (χ1) is 11.4. The lowest BCUT2D eigenvalue weighted by Crippen LogP contribution is -2.35. The second kappa shape index (κ2) is 6.83. The molecule has 25 heavy (non-hydrogen) atoms. The fourth-order valence-electron chi connectivity index (χ4n) is 3.71. The topological polar surface area (TPSA) is 93.4 Å². The number of likely N-dealkylation sites (tertiary alicyclic amines) is 1. The zero-order valence-corrected chi connectivity index (χ0v) is 15.9. The zero-order chi connectivity index (χ0) is 16.9. The molecule has 0 spiro atoms. The molecule has 0 aliphatic carbocycles. The van der Waals surface area contributed by atoms with Crippen molar-refractivity contribution in [3.05, 3.63) is 29.3 Å². The molecule has 2 aliphatic heterocycles. The first kappa shape index (κ1) is 18.6. The number of nitrogens with zero attached hydrogens (tertiary/aromatic N) is 2. The fraction of sp³-hybridized carbons (Fsp3) is 0.500. The van der Waals surface area contributed by atoms with Gasteiger partial charge in [-0.3, -0.25) is 4.79 Å². The van der Waals surface area contributed by atoms with Gasteiger partial charge in [0.25, 0.3) is 0 Å². The lowest BCUT2D eigenvalue weighted by molar-refractivity contribution is -0.130. The summed E-state index contributed by atoms with van der Waals surface area (Å²) in [5, 5.41) is 0.465. The molecule has 0 radical (unpaired) electrons. The first-order valence-corrected chi connectivity index (χ1v) is 10.6. The number of aryl methyl sites for hydroxylation is 1. The maximum absolute atomic E-state index is 12.4. The number of halogens is 1. The number of fused-ring (bicyclic) bond motifs is 2. The SMILES string of the molecule is Cl.N[C@@H]1CS(=O)(=O)[C@H]2CN(C(=O)CCc3nc4ccccc4s3)C[C@@H]12. The summed E-state index contributed by atoms with van der Waals surface area (Å²) in [5.41, 5.74) is 6.90. The number of nitrogens with two attached hydrogens (primary N) is 1. The van der Waals surface area contributed by atoms with Crippen molar-refractivity contribution < 1.29 is 13.2 Å². The normalized spacial score (nSPS) is 27.2. The van der Waals surface area contributed by atoms with Gasteiger partial charge < -0.3 is 10.6 Å². The quantitative estimate of drug-likeness (QED) is 0.834. The van der Waals surface area contributed by atoms with Gasteiger partial charge in [-0.2, -0.15) is 0 Å². The Balaban J connectivity index is 0.00000182. The van der Waals surface area contributed by atoms with Crippen molar-refractivity contribution in [2.45, 2.75) is 24.1 Å². The fourth-order valence-corrected chi connectivity index (χ4v) is 6.93. The van der Waals surface area contributed by atoms with Crippen LogP contribution in [0.5, 0.6) is 0 Å². The Morgan fingerprint density at radius 3 is 2.80 bits per heavy atom. The predicted octanol–water partition coefficient (Wildman–Crippen LogP) is 1.23. The van der Waals surface area contributed by atoms with E-state index >= 15 is 0 Å². The molecule has 4 rings (SSSR count). The Kier molecular flexibility index (Phi) is 5.07. The van der Waals surface area contributed by atoms with Gasteiger partial charge in [-0.1, -0.05) is 12.1 Å². The smallest absolute Gasteiger partial charge is 0.223 e. The molecule has 136 valence electrons.